The average Bonchev–Trinajstić information content (AvgIpc) is 2.83. The number of fused-ring (bicyclic) bond motifs is 1. The molecule has 2 aromatic heterocycles. The number of nitrogens with zero attached hydrogens (tertiary/aromatic N) is 5. The van der Waals surface area contributed by atoms with Crippen molar-refractivity contribution < 1.29 is 4.79 Å². The highest BCUT2D eigenvalue weighted by atomic mass is 16.2. The number of aryl methyl sites for hydroxylation is 1. The summed E-state index contributed by atoms with van der Waals surface area (Å²) in [6.45, 7) is 5.25. The molecular formula is C24H24N6O2. The van der Waals surface area contributed by atoms with Crippen molar-refractivity contribution in [2.75, 3.05) is 18.4 Å². The van der Waals surface area contributed by atoms with Gasteiger partial charge in [0.2, 0.25) is 5.95 Å². The molecule has 0 spiro atoms. The van der Waals surface area contributed by atoms with Crippen LogP contribution in [0.1, 0.15) is 24.2 Å². The predicted molar refractivity (Wildman–Crippen MR) is 125 cm³/mol. The number of amides is 1. The average molecular weight is 428 g/mol. The van der Waals surface area contributed by atoms with Crippen molar-refractivity contribution in [3.63, 3.8) is 0 Å². The van der Waals surface area contributed by atoms with E-state index >= 15 is 0 Å². The molecule has 0 radical (unpaired) electrons. The molecule has 8 nitrogen and oxygen atoms in total. The molecule has 0 unspecified atom stereocenters. The minimum absolute atomic E-state index is 0.00111. The van der Waals surface area contributed by atoms with E-state index in [9.17, 15) is 9.59 Å². The molecule has 8 heteroatoms. The molecule has 2 heterocycles. The van der Waals surface area contributed by atoms with Gasteiger partial charge in [0.25, 0.3) is 11.5 Å². The van der Waals surface area contributed by atoms with Crippen LogP contribution in [0.3, 0.4) is 0 Å². The maximum Gasteiger partial charge on any atom is 0.278 e. The molecular weight excluding hydrogens is 404 g/mol. The van der Waals surface area contributed by atoms with Gasteiger partial charge in [-0.05, 0) is 38.1 Å². The van der Waals surface area contributed by atoms with Gasteiger partial charge < -0.3 is 10.2 Å². The Morgan fingerprint density at radius 2 is 1.69 bits per heavy atom. The highest BCUT2D eigenvalue weighted by Crippen LogP contribution is 2.19. The Labute approximate surface area is 185 Å². The summed E-state index contributed by atoms with van der Waals surface area (Å²) in [6.07, 6.45) is 1.59. The van der Waals surface area contributed by atoms with E-state index < -0.39 is 0 Å². The van der Waals surface area contributed by atoms with E-state index in [1.807, 2.05) is 44.2 Å². The SMILES string of the molecule is CCN(CC)C(=O)c1ccc(Nc2ncc3nc(-c4ccccc4)c(=O)n(C)c3n2)cc1. The molecule has 0 saturated heterocycles. The number of nitrogens with one attached hydrogen (secondary N) is 1. The van der Waals surface area contributed by atoms with E-state index in [1.54, 1.807) is 42.4 Å². The first-order chi connectivity index (χ1) is 15.5. The molecule has 0 atom stereocenters. The molecule has 0 aliphatic heterocycles. The second-order valence-electron chi connectivity index (χ2n) is 7.27. The Morgan fingerprint density at radius 1 is 1.00 bits per heavy atom. The quantitative estimate of drug-likeness (QED) is 0.504. The van der Waals surface area contributed by atoms with Crippen LogP contribution in [0.4, 0.5) is 11.6 Å². The number of hydrogen-bond donors (Lipinski definition) is 1. The molecule has 0 aliphatic carbocycles. The maximum absolute atomic E-state index is 12.8. The van der Waals surface area contributed by atoms with Crippen molar-refractivity contribution in [3.8, 4) is 11.3 Å². The lowest BCUT2D eigenvalue weighted by Crippen LogP contribution is -2.30. The fraction of sp³-hybridized carbons (Fsp3) is 0.208. The van der Waals surface area contributed by atoms with Crippen LogP contribution in [0.5, 0.6) is 0 Å². The van der Waals surface area contributed by atoms with Gasteiger partial charge in [0.05, 0.1) is 6.20 Å². The molecule has 1 amide bonds. The second-order valence-corrected chi connectivity index (χ2v) is 7.27. The zero-order valence-electron chi connectivity index (χ0n) is 18.2. The van der Waals surface area contributed by atoms with Gasteiger partial charge in [0, 0.05) is 37.0 Å². The van der Waals surface area contributed by atoms with Crippen LogP contribution in [-0.2, 0) is 7.05 Å². The molecule has 4 aromatic rings. The summed E-state index contributed by atoms with van der Waals surface area (Å²) in [4.78, 5) is 40.4. The van der Waals surface area contributed by atoms with Gasteiger partial charge in [0.1, 0.15) is 11.2 Å². The third-order valence-corrected chi connectivity index (χ3v) is 5.29. The van der Waals surface area contributed by atoms with E-state index in [1.165, 1.54) is 4.57 Å². The number of anilines is 2. The lowest BCUT2D eigenvalue weighted by atomic mass is 10.1. The number of rotatable bonds is 6. The smallest absolute Gasteiger partial charge is 0.278 e. The zero-order chi connectivity index (χ0) is 22.7. The van der Waals surface area contributed by atoms with Crippen LogP contribution in [0, 0.1) is 0 Å². The lowest BCUT2D eigenvalue weighted by molar-refractivity contribution is 0.0773. The van der Waals surface area contributed by atoms with E-state index in [2.05, 4.69) is 20.3 Å². The summed E-state index contributed by atoms with van der Waals surface area (Å²) in [6, 6.07) is 16.5. The number of carbonyl (C=O) groups is 1. The van der Waals surface area contributed by atoms with Crippen LogP contribution in [-0.4, -0.2) is 43.4 Å². The van der Waals surface area contributed by atoms with Gasteiger partial charge in [-0.2, -0.15) is 4.98 Å². The van der Waals surface area contributed by atoms with Gasteiger partial charge in [-0.25, -0.2) is 9.97 Å². The monoisotopic (exact) mass is 428 g/mol. The third kappa shape index (κ3) is 4.07. The van der Waals surface area contributed by atoms with Gasteiger partial charge >= 0.3 is 0 Å². The van der Waals surface area contributed by atoms with E-state index in [-0.39, 0.29) is 11.5 Å². The molecule has 0 saturated carbocycles. The van der Waals surface area contributed by atoms with Crippen LogP contribution >= 0.6 is 0 Å². The van der Waals surface area contributed by atoms with Crippen molar-refractivity contribution in [2.45, 2.75) is 13.8 Å². The number of aromatic nitrogens is 4. The van der Waals surface area contributed by atoms with Crippen LogP contribution in [0.2, 0.25) is 0 Å². The van der Waals surface area contributed by atoms with Crippen LogP contribution < -0.4 is 10.9 Å². The standard InChI is InChI=1S/C24H24N6O2/c1-4-30(5-2)22(31)17-11-13-18(14-12-17)26-24-25-15-19-21(28-24)29(3)23(32)20(27-19)16-9-7-6-8-10-16/h6-15H,4-5H2,1-3H3,(H,25,26,28). The molecule has 0 aliphatic rings. The highest BCUT2D eigenvalue weighted by molar-refractivity contribution is 5.94. The molecule has 32 heavy (non-hydrogen) atoms. The minimum atomic E-state index is -0.229. The topological polar surface area (TPSA) is 93.0 Å². The third-order valence-electron chi connectivity index (χ3n) is 5.29. The fourth-order valence-corrected chi connectivity index (χ4v) is 3.48. The van der Waals surface area contributed by atoms with E-state index in [0.717, 1.165) is 11.3 Å². The first-order valence-corrected chi connectivity index (χ1v) is 10.5. The summed E-state index contributed by atoms with van der Waals surface area (Å²) in [7, 11) is 1.67. The minimum Gasteiger partial charge on any atom is -0.339 e. The summed E-state index contributed by atoms with van der Waals surface area (Å²) >= 11 is 0. The van der Waals surface area contributed by atoms with Crippen LogP contribution in [0.25, 0.3) is 22.4 Å². The number of carbonyl (C=O) groups excluding carboxylic acids is 1. The Bertz CT molecular complexity index is 1310. The highest BCUT2D eigenvalue weighted by Gasteiger charge is 2.14. The maximum atomic E-state index is 12.8. The molecule has 0 bridgehead atoms. The zero-order valence-corrected chi connectivity index (χ0v) is 18.2. The first kappa shape index (κ1) is 21.2. The number of benzene rings is 2. The van der Waals surface area contributed by atoms with Gasteiger partial charge in [0.15, 0.2) is 5.65 Å². The fourth-order valence-electron chi connectivity index (χ4n) is 3.48. The summed E-state index contributed by atoms with van der Waals surface area (Å²) in [5, 5.41) is 3.12. The molecule has 1 N–H and O–H groups in total. The second kappa shape index (κ2) is 8.97. The van der Waals surface area contributed by atoms with Gasteiger partial charge in [-0.1, -0.05) is 30.3 Å². The van der Waals surface area contributed by atoms with Crippen molar-refractivity contribution in [3.05, 3.63) is 76.7 Å². The van der Waals surface area contributed by atoms with Crippen molar-refractivity contribution in [2.24, 2.45) is 7.05 Å². The molecule has 4 rings (SSSR count). The van der Waals surface area contributed by atoms with E-state index in [0.29, 0.717) is 41.5 Å². The molecule has 162 valence electrons. The summed E-state index contributed by atoms with van der Waals surface area (Å²) in [5.41, 5.74) is 3.19. The normalized spacial score (nSPS) is 10.8. The molecule has 2 aromatic carbocycles. The Balaban J connectivity index is 1.61. The number of hydrogen-bond acceptors (Lipinski definition) is 6. The van der Waals surface area contributed by atoms with Gasteiger partial charge in [-0.15, -0.1) is 0 Å². The van der Waals surface area contributed by atoms with Crippen LogP contribution in [0.15, 0.2) is 65.6 Å². The van der Waals surface area contributed by atoms with Crippen molar-refractivity contribution >= 4 is 28.7 Å². The predicted octanol–water partition coefficient (Wildman–Crippen LogP) is 3.62. The summed E-state index contributed by atoms with van der Waals surface area (Å²) in [5.74, 6) is 0.336. The summed E-state index contributed by atoms with van der Waals surface area (Å²) < 4.78 is 1.48. The lowest BCUT2D eigenvalue weighted by Gasteiger charge is -2.18. The first-order valence-electron chi connectivity index (χ1n) is 10.5. The molecule has 0 fully saturated rings. The van der Waals surface area contributed by atoms with Gasteiger partial charge in [-0.3, -0.25) is 14.2 Å². The van der Waals surface area contributed by atoms with E-state index in [4.69, 9.17) is 0 Å². The van der Waals surface area contributed by atoms with Crippen molar-refractivity contribution in [1.29, 1.82) is 0 Å². The largest absolute Gasteiger partial charge is 0.339 e. The Hall–Kier alpha value is -4.07. The Morgan fingerprint density at radius 3 is 2.34 bits per heavy atom. The Kier molecular flexibility index (Phi) is 5.93. The van der Waals surface area contributed by atoms with Crippen molar-refractivity contribution in [1.82, 2.24) is 24.4 Å².